The van der Waals surface area contributed by atoms with E-state index in [4.69, 9.17) is 15.0 Å². The zero-order chi connectivity index (χ0) is 36.1. The molecule has 0 atom stereocenters. The molecule has 8 heteroatoms. The lowest BCUT2D eigenvalue weighted by molar-refractivity contribution is 1.17. The Balaban J connectivity index is 1.30. The van der Waals surface area contributed by atoms with Crippen molar-refractivity contribution < 1.29 is 0 Å². The second kappa shape index (κ2) is 11.6. The Hall–Kier alpha value is -6.87. The van der Waals surface area contributed by atoms with Gasteiger partial charge in [-0.05, 0) is 65.0 Å². The quantitative estimate of drug-likeness (QED) is 0.166. The first-order chi connectivity index (χ1) is 27.3. The maximum absolute atomic E-state index is 5.79. The number of para-hydroxylation sites is 4. The highest BCUT2D eigenvalue weighted by Gasteiger charge is 2.48. The summed E-state index contributed by atoms with van der Waals surface area (Å²) < 4.78 is 9.80. The Morgan fingerprint density at radius 3 is 1.91 bits per heavy atom. The smallest absolute Gasteiger partial charge is 0.280 e. The van der Waals surface area contributed by atoms with Crippen molar-refractivity contribution in [1.29, 1.82) is 0 Å². The molecule has 0 saturated heterocycles. The average molecular weight is 739 g/mol. The predicted molar refractivity (Wildman–Crippen MR) is 230 cm³/mol. The Bertz CT molecular complexity index is 3360. The Morgan fingerprint density at radius 1 is 0.455 bits per heavy atom. The van der Waals surface area contributed by atoms with Gasteiger partial charge >= 0.3 is 0 Å². The third-order valence-corrected chi connectivity index (χ3v) is 16.9. The first kappa shape index (κ1) is 30.6. The molecule has 0 unspecified atom stereocenters. The molecule has 0 spiro atoms. The lowest BCUT2D eigenvalue weighted by Gasteiger charge is -2.34. The lowest BCUT2D eigenvalue weighted by Crippen LogP contribution is -2.73. The van der Waals surface area contributed by atoms with E-state index >= 15 is 0 Å². The molecule has 6 heterocycles. The molecule has 0 radical (unpaired) electrons. The fraction of sp³-hybridized carbons (Fsp3) is 0. The van der Waals surface area contributed by atoms with Crippen molar-refractivity contribution in [1.82, 2.24) is 28.2 Å². The van der Waals surface area contributed by atoms with Gasteiger partial charge in [0, 0.05) is 38.0 Å². The van der Waals surface area contributed by atoms with Crippen molar-refractivity contribution in [2.24, 2.45) is 0 Å². The van der Waals surface area contributed by atoms with Crippen LogP contribution in [0.15, 0.2) is 182 Å². The van der Waals surface area contributed by atoms with E-state index in [1.165, 1.54) is 30.5 Å². The number of pyridine rings is 2. The topological polar surface area (TPSA) is 52.9 Å². The Labute approximate surface area is 319 Å². The van der Waals surface area contributed by atoms with E-state index in [0.717, 1.165) is 60.8 Å². The minimum atomic E-state index is -3.34. The molecule has 0 saturated carbocycles. The van der Waals surface area contributed by atoms with E-state index in [1.807, 2.05) is 29.8 Å². The number of benzene rings is 6. The van der Waals surface area contributed by atoms with Crippen molar-refractivity contribution in [3.63, 3.8) is 0 Å². The number of hydrogen-bond donors (Lipinski definition) is 0. The highest BCUT2D eigenvalue weighted by Crippen LogP contribution is 2.38. The van der Waals surface area contributed by atoms with E-state index in [9.17, 15) is 0 Å². The largest absolute Gasteiger partial charge is 0.323 e. The van der Waals surface area contributed by atoms with E-state index in [0.29, 0.717) is 0 Å². The summed E-state index contributed by atoms with van der Waals surface area (Å²) in [5, 5.41) is 7.14. The van der Waals surface area contributed by atoms with Crippen LogP contribution >= 0.6 is 11.3 Å². The van der Waals surface area contributed by atoms with Gasteiger partial charge in [-0.15, -0.1) is 11.3 Å². The highest BCUT2D eigenvalue weighted by atomic mass is 32.1. The van der Waals surface area contributed by atoms with Crippen LogP contribution in [-0.2, 0) is 0 Å². The molecule has 0 aliphatic heterocycles. The van der Waals surface area contributed by atoms with Gasteiger partial charge in [-0.3, -0.25) is 14.4 Å². The Morgan fingerprint density at radius 2 is 1.11 bits per heavy atom. The molecule has 55 heavy (non-hydrogen) atoms. The minimum Gasteiger partial charge on any atom is -0.323 e. The summed E-state index contributed by atoms with van der Waals surface area (Å²) in [5.41, 5.74) is 8.37. The van der Waals surface area contributed by atoms with Crippen molar-refractivity contribution in [3.8, 4) is 5.69 Å². The van der Waals surface area contributed by atoms with Gasteiger partial charge in [0.15, 0.2) is 0 Å². The zero-order valence-corrected chi connectivity index (χ0v) is 31.2. The van der Waals surface area contributed by atoms with Gasteiger partial charge in [-0.25, -0.2) is 4.98 Å². The molecular weight excluding hydrogens is 709 g/mol. The summed E-state index contributed by atoms with van der Waals surface area (Å²) in [7, 11) is -3.34. The fourth-order valence-electron chi connectivity index (χ4n) is 9.07. The molecule has 6 aromatic carbocycles. The van der Waals surface area contributed by atoms with Crippen LogP contribution in [0.5, 0.6) is 0 Å². The van der Waals surface area contributed by atoms with E-state index in [-0.39, 0.29) is 0 Å². The number of thiophene rings is 1. The summed E-state index contributed by atoms with van der Waals surface area (Å²) in [6, 6.07) is 61.1. The monoisotopic (exact) mass is 738 g/mol. The summed E-state index contributed by atoms with van der Waals surface area (Å²) >= 11 is 1.84. The van der Waals surface area contributed by atoms with Crippen molar-refractivity contribution in [3.05, 3.63) is 182 Å². The molecule has 12 rings (SSSR count). The van der Waals surface area contributed by atoms with Crippen LogP contribution in [0.4, 0.5) is 0 Å². The normalized spacial score (nSPS) is 12.4. The molecule has 6 aromatic heterocycles. The molecule has 0 aliphatic carbocycles. The van der Waals surface area contributed by atoms with Gasteiger partial charge in [0.25, 0.3) is 8.24 Å². The second-order valence-corrected chi connectivity index (χ2v) is 18.6. The first-order valence-electron chi connectivity index (χ1n) is 18.5. The van der Waals surface area contributed by atoms with Crippen molar-refractivity contribution >= 4 is 105 Å². The third kappa shape index (κ3) is 4.09. The number of aromatic nitrogens is 6. The number of hydrogen-bond acceptors (Lipinski definition) is 4. The molecule has 0 bridgehead atoms. The molecule has 0 fully saturated rings. The molecule has 6 nitrogen and oxygen atoms in total. The SMILES string of the molecule is c1ccc([Si](c2ccccc2)(c2nccc3sc4ccccc4c23)n2c3ccccc3n3c4cccc(-n5c6ccccc6c6ncccc65)c4nc23)cc1. The van der Waals surface area contributed by atoms with Gasteiger partial charge in [0.1, 0.15) is 5.52 Å². The standard InChI is InChI=1S/C47H30N6SSi/c1-3-15-31(16-4-1)55(32-17-5-2-6-18-32,46-43-34-20-8-12-27-41(34)54-42(43)28-30-49-46)53-37-23-11-10-22-36(37)52-40-25-13-24-39(45(40)50-47(52)53)51-35-21-9-7-19-33(35)44-38(51)26-14-29-48-44/h1-30H. The maximum atomic E-state index is 5.79. The zero-order valence-electron chi connectivity index (χ0n) is 29.4. The first-order valence-corrected chi connectivity index (χ1v) is 21.2. The summed E-state index contributed by atoms with van der Waals surface area (Å²) in [5.74, 6) is 0.889. The number of nitrogens with zero attached hydrogens (tertiary/aromatic N) is 6. The van der Waals surface area contributed by atoms with Gasteiger partial charge in [-0.1, -0.05) is 115 Å². The minimum absolute atomic E-state index is 0.889. The van der Waals surface area contributed by atoms with Gasteiger partial charge < -0.3 is 8.80 Å². The van der Waals surface area contributed by atoms with E-state index in [2.05, 4.69) is 177 Å². The van der Waals surface area contributed by atoms with E-state index < -0.39 is 8.24 Å². The fourth-order valence-corrected chi connectivity index (χ4v) is 15.1. The molecule has 0 N–H and O–H groups in total. The summed E-state index contributed by atoms with van der Waals surface area (Å²) in [6.07, 6.45) is 3.89. The van der Waals surface area contributed by atoms with Gasteiger partial charge in [0.2, 0.25) is 5.78 Å². The van der Waals surface area contributed by atoms with Crippen molar-refractivity contribution in [2.45, 2.75) is 0 Å². The second-order valence-electron chi connectivity index (χ2n) is 14.0. The lowest BCUT2D eigenvalue weighted by atomic mass is 10.2. The van der Waals surface area contributed by atoms with Crippen LogP contribution in [0.1, 0.15) is 0 Å². The highest BCUT2D eigenvalue weighted by molar-refractivity contribution is 7.26. The maximum Gasteiger partial charge on any atom is 0.280 e. The van der Waals surface area contributed by atoms with Crippen LogP contribution in [0.3, 0.4) is 0 Å². The summed E-state index contributed by atoms with van der Waals surface area (Å²) in [6.45, 7) is 0. The molecule has 0 amide bonds. The predicted octanol–water partition coefficient (Wildman–Crippen LogP) is 9.21. The van der Waals surface area contributed by atoms with Gasteiger partial charge in [0.05, 0.1) is 44.1 Å². The van der Waals surface area contributed by atoms with Crippen molar-refractivity contribution in [2.75, 3.05) is 0 Å². The van der Waals surface area contributed by atoms with Crippen LogP contribution in [0.25, 0.3) is 75.6 Å². The van der Waals surface area contributed by atoms with Crippen LogP contribution in [-0.4, -0.2) is 36.4 Å². The third-order valence-electron chi connectivity index (χ3n) is 11.2. The average Bonchev–Trinajstić information content (AvgIpc) is 4.00. The molecular formula is C47H30N6SSi. The number of fused-ring (bicyclic) bond motifs is 11. The number of rotatable bonds is 5. The van der Waals surface area contributed by atoms with Gasteiger partial charge in [-0.2, -0.15) is 0 Å². The van der Waals surface area contributed by atoms with Crippen LogP contribution in [0.2, 0.25) is 0 Å². The number of imidazole rings is 2. The van der Waals surface area contributed by atoms with Crippen LogP contribution < -0.4 is 15.7 Å². The summed E-state index contributed by atoms with van der Waals surface area (Å²) in [4.78, 5) is 16.1. The molecule has 0 aliphatic rings. The molecule has 258 valence electrons. The Kier molecular flexibility index (Phi) is 6.43. The van der Waals surface area contributed by atoms with E-state index in [1.54, 1.807) is 0 Å². The molecule has 12 aromatic rings. The van der Waals surface area contributed by atoms with Crippen LogP contribution in [0, 0.1) is 0 Å².